The van der Waals surface area contributed by atoms with Gasteiger partial charge in [0.25, 0.3) is 5.56 Å². The van der Waals surface area contributed by atoms with Gasteiger partial charge in [-0.2, -0.15) is 5.26 Å². The van der Waals surface area contributed by atoms with E-state index in [1.165, 1.54) is 6.07 Å². The van der Waals surface area contributed by atoms with E-state index in [0.717, 1.165) is 0 Å². The molecule has 15 heavy (non-hydrogen) atoms. The fraction of sp³-hybridized carbons (Fsp3) is 0.400. The normalized spacial score (nSPS) is 12.1. The molecule has 5 heteroatoms. The number of nitrogens with one attached hydrogen (secondary N) is 1. The van der Waals surface area contributed by atoms with E-state index >= 15 is 0 Å². The number of pyridine rings is 1. The molecule has 2 N–H and O–H groups in total. The third-order valence-electron chi connectivity index (χ3n) is 2.02. The highest BCUT2D eigenvalue weighted by molar-refractivity contribution is 5.39. The first-order valence-corrected chi connectivity index (χ1v) is 4.58. The van der Waals surface area contributed by atoms with Crippen molar-refractivity contribution < 1.29 is 9.84 Å². The number of aromatic amines is 1. The van der Waals surface area contributed by atoms with E-state index in [9.17, 15) is 9.90 Å². The number of aromatic nitrogens is 1. The molecule has 0 aliphatic rings. The van der Waals surface area contributed by atoms with Crippen molar-refractivity contribution in [1.29, 1.82) is 5.26 Å². The topological polar surface area (TPSA) is 86.1 Å². The van der Waals surface area contributed by atoms with Crippen LogP contribution in [0.3, 0.4) is 0 Å². The molecule has 1 heterocycles. The zero-order valence-corrected chi connectivity index (χ0v) is 8.57. The van der Waals surface area contributed by atoms with Crippen LogP contribution in [0.2, 0.25) is 0 Å². The lowest BCUT2D eigenvalue weighted by atomic mass is 10.1. The minimum atomic E-state index is -0.598. The van der Waals surface area contributed by atoms with Crippen LogP contribution in [0.15, 0.2) is 10.9 Å². The Morgan fingerprint density at radius 3 is 2.93 bits per heavy atom. The molecule has 1 rings (SSSR count). The van der Waals surface area contributed by atoms with Crippen LogP contribution in [-0.2, 0) is 4.74 Å². The van der Waals surface area contributed by atoms with Crippen LogP contribution in [0.5, 0.6) is 5.88 Å². The van der Waals surface area contributed by atoms with Crippen molar-refractivity contribution in [3.05, 3.63) is 27.5 Å². The van der Waals surface area contributed by atoms with Gasteiger partial charge >= 0.3 is 0 Å². The summed E-state index contributed by atoms with van der Waals surface area (Å²) in [5, 5.41) is 18.0. The predicted octanol–water partition coefficient (Wildman–Crippen LogP) is 1.05. The Hall–Kier alpha value is -1.80. The number of nitriles is 1. The molecule has 1 aromatic heterocycles. The second kappa shape index (κ2) is 4.62. The summed E-state index contributed by atoms with van der Waals surface area (Å²) in [6.07, 6.45) is -0.391. The van der Waals surface area contributed by atoms with E-state index in [2.05, 4.69) is 4.98 Å². The lowest BCUT2D eigenvalue weighted by Gasteiger charge is -2.12. The van der Waals surface area contributed by atoms with Gasteiger partial charge in [0.05, 0.1) is 6.10 Å². The number of rotatable bonds is 3. The lowest BCUT2D eigenvalue weighted by molar-refractivity contribution is 0.0759. The first kappa shape index (κ1) is 11.3. The molecule has 0 aromatic carbocycles. The summed E-state index contributed by atoms with van der Waals surface area (Å²) >= 11 is 0. The van der Waals surface area contributed by atoms with Gasteiger partial charge in [0.1, 0.15) is 11.6 Å². The number of ether oxygens (including phenoxy) is 1. The quantitative estimate of drug-likeness (QED) is 0.777. The van der Waals surface area contributed by atoms with E-state index in [-0.39, 0.29) is 11.4 Å². The molecule has 0 aliphatic carbocycles. The van der Waals surface area contributed by atoms with Crippen molar-refractivity contribution in [3.8, 4) is 11.9 Å². The van der Waals surface area contributed by atoms with Gasteiger partial charge in [0.15, 0.2) is 5.88 Å². The van der Waals surface area contributed by atoms with E-state index in [4.69, 9.17) is 10.00 Å². The molecule has 0 radical (unpaired) electrons. The maximum Gasteiger partial charge on any atom is 0.268 e. The second-order valence-electron chi connectivity index (χ2n) is 3.02. The molecular formula is C10H12N2O3. The van der Waals surface area contributed by atoms with Crippen LogP contribution in [0.4, 0.5) is 0 Å². The van der Waals surface area contributed by atoms with Crippen molar-refractivity contribution in [2.75, 3.05) is 6.61 Å². The Morgan fingerprint density at radius 2 is 2.40 bits per heavy atom. The summed E-state index contributed by atoms with van der Waals surface area (Å²) in [5.41, 5.74) is -0.214. The Kier molecular flexibility index (Phi) is 3.47. The number of nitrogens with zero attached hydrogens (tertiary/aromatic N) is 1. The highest BCUT2D eigenvalue weighted by Crippen LogP contribution is 2.20. The van der Waals surface area contributed by atoms with E-state index in [0.29, 0.717) is 12.2 Å². The van der Waals surface area contributed by atoms with Gasteiger partial charge in [-0.15, -0.1) is 0 Å². The number of H-pyrrole nitrogens is 1. The second-order valence-corrected chi connectivity index (χ2v) is 3.02. The fourth-order valence-electron chi connectivity index (χ4n) is 1.34. The molecule has 0 saturated heterocycles. The average Bonchev–Trinajstić information content (AvgIpc) is 2.17. The van der Waals surface area contributed by atoms with Crippen molar-refractivity contribution >= 4 is 0 Å². The lowest BCUT2D eigenvalue weighted by Crippen LogP contribution is -2.15. The fourth-order valence-corrected chi connectivity index (χ4v) is 1.34. The predicted molar refractivity (Wildman–Crippen MR) is 53.5 cm³/mol. The molecule has 0 fully saturated rings. The number of aromatic hydroxyl groups is 1. The Labute approximate surface area is 86.9 Å². The van der Waals surface area contributed by atoms with Gasteiger partial charge in [-0.3, -0.25) is 9.78 Å². The zero-order chi connectivity index (χ0) is 11.4. The molecule has 0 bridgehead atoms. The van der Waals surface area contributed by atoms with Gasteiger partial charge in [-0.25, -0.2) is 0 Å². The van der Waals surface area contributed by atoms with Crippen LogP contribution in [-0.4, -0.2) is 16.7 Å². The number of hydrogen-bond donors (Lipinski definition) is 2. The molecule has 1 unspecified atom stereocenters. The van der Waals surface area contributed by atoms with Crippen LogP contribution >= 0.6 is 0 Å². The molecule has 5 nitrogen and oxygen atoms in total. The molecule has 0 aliphatic heterocycles. The maximum atomic E-state index is 11.3. The summed E-state index contributed by atoms with van der Waals surface area (Å²) in [4.78, 5) is 13.5. The average molecular weight is 208 g/mol. The largest absolute Gasteiger partial charge is 0.495 e. The minimum Gasteiger partial charge on any atom is -0.495 e. The van der Waals surface area contributed by atoms with Crippen molar-refractivity contribution in [1.82, 2.24) is 4.98 Å². The zero-order valence-electron chi connectivity index (χ0n) is 8.57. The highest BCUT2D eigenvalue weighted by atomic mass is 16.5. The van der Waals surface area contributed by atoms with Crippen LogP contribution in [0.25, 0.3) is 0 Å². The SMILES string of the molecule is CCOC(C)c1cc(O)[nH]c(=O)c1C#N. The highest BCUT2D eigenvalue weighted by Gasteiger charge is 2.15. The Morgan fingerprint density at radius 1 is 1.73 bits per heavy atom. The van der Waals surface area contributed by atoms with E-state index in [1.807, 2.05) is 6.92 Å². The van der Waals surface area contributed by atoms with Crippen molar-refractivity contribution in [3.63, 3.8) is 0 Å². The maximum absolute atomic E-state index is 11.3. The Balaban J connectivity index is 3.28. The van der Waals surface area contributed by atoms with Crippen LogP contribution in [0, 0.1) is 11.3 Å². The summed E-state index contributed by atoms with van der Waals surface area (Å²) in [6, 6.07) is 3.13. The first-order valence-electron chi connectivity index (χ1n) is 4.58. The molecular weight excluding hydrogens is 196 g/mol. The van der Waals surface area contributed by atoms with Gasteiger partial charge in [-0.05, 0) is 13.8 Å². The van der Waals surface area contributed by atoms with E-state index in [1.54, 1.807) is 13.0 Å². The smallest absolute Gasteiger partial charge is 0.268 e. The minimum absolute atomic E-state index is 0.0197. The monoisotopic (exact) mass is 208 g/mol. The van der Waals surface area contributed by atoms with Gasteiger partial charge in [0, 0.05) is 18.2 Å². The summed E-state index contributed by atoms with van der Waals surface area (Å²) < 4.78 is 5.27. The third-order valence-corrected chi connectivity index (χ3v) is 2.02. The molecule has 1 aromatic rings. The van der Waals surface area contributed by atoms with Crippen molar-refractivity contribution in [2.45, 2.75) is 20.0 Å². The number of hydrogen-bond acceptors (Lipinski definition) is 4. The van der Waals surface area contributed by atoms with Gasteiger partial charge in [-0.1, -0.05) is 0 Å². The van der Waals surface area contributed by atoms with Crippen LogP contribution in [0.1, 0.15) is 31.1 Å². The van der Waals surface area contributed by atoms with Gasteiger partial charge < -0.3 is 9.84 Å². The summed E-state index contributed by atoms with van der Waals surface area (Å²) in [6.45, 7) is 4.01. The third kappa shape index (κ3) is 2.36. The first-order chi connectivity index (χ1) is 7.10. The Bertz CT molecular complexity index is 445. The van der Waals surface area contributed by atoms with Gasteiger partial charge in [0.2, 0.25) is 0 Å². The molecule has 80 valence electrons. The summed E-state index contributed by atoms with van der Waals surface area (Å²) in [7, 11) is 0. The van der Waals surface area contributed by atoms with Crippen molar-refractivity contribution in [2.24, 2.45) is 0 Å². The standard InChI is InChI=1S/C10H12N2O3/c1-3-15-6(2)7-4-9(13)12-10(14)8(7)5-11/h4,6H,3H2,1-2H3,(H2,12,13,14). The van der Waals surface area contributed by atoms with E-state index < -0.39 is 11.7 Å². The molecule has 0 spiro atoms. The molecule has 1 atom stereocenters. The van der Waals surface area contributed by atoms with Crippen LogP contribution < -0.4 is 5.56 Å². The molecule has 0 amide bonds. The molecule has 0 saturated carbocycles. The summed E-state index contributed by atoms with van der Waals surface area (Å²) in [5.74, 6) is -0.263.